The highest BCUT2D eigenvalue weighted by atomic mass is 16.5. The second-order valence-corrected chi connectivity index (χ2v) is 5.88. The van der Waals surface area contributed by atoms with Gasteiger partial charge in [-0.2, -0.15) is 0 Å². The number of aliphatic hydroxyl groups excluding tert-OH is 1. The van der Waals surface area contributed by atoms with E-state index in [0.29, 0.717) is 6.61 Å². The Labute approximate surface area is 126 Å². The summed E-state index contributed by atoms with van der Waals surface area (Å²) >= 11 is 0. The van der Waals surface area contributed by atoms with Gasteiger partial charge in [0.05, 0.1) is 11.1 Å². The van der Waals surface area contributed by atoms with Gasteiger partial charge in [-0.25, -0.2) is 0 Å². The SMILES string of the molecule is CCOC1(C(O)c2cccc3cccnc23)CCCCC1. The van der Waals surface area contributed by atoms with E-state index in [2.05, 4.69) is 4.98 Å². The minimum Gasteiger partial charge on any atom is -0.385 e. The number of benzene rings is 1. The molecule has 1 aliphatic rings. The molecule has 3 heteroatoms. The van der Waals surface area contributed by atoms with Crippen molar-refractivity contribution in [3.05, 3.63) is 42.1 Å². The van der Waals surface area contributed by atoms with Gasteiger partial charge in [0.1, 0.15) is 6.10 Å². The number of para-hydroxylation sites is 1. The summed E-state index contributed by atoms with van der Waals surface area (Å²) in [5.41, 5.74) is 1.33. The van der Waals surface area contributed by atoms with Crippen LogP contribution in [0.4, 0.5) is 0 Å². The summed E-state index contributed by atoms with van der Waals surface area (Å²) in [5.74, 6) is 0. The molecule has 0 aliphatic heterocycles. The van der Waals surface area contributed by atoms with Crippen LogP contribution in [0, 0.1) is 0 Å². The highest BCUT2D eigenvalue weighted by Crippen LogP contribution is 2.42. The zero-order valence-electron chi connectivity index (χ0n) is 12.6. The number of aromatic nitrogens is 1. The van der Waals surface area contributed by atoms with Gasteiger partial charge >= 0.3 is 0 Å². The first-order valence-electron chi connectivity index (χ1n) is 7.92. The maximum Gasteiger partial charge on any atom is 0.110 e. The highest BCUT2D eigenvalue weighted by Gasteiger charge is 2.41. The lowest BCUT2D eigenvalue weighted by Gasteiger charge is -2.41. The predicted molar refractivity (Wildman–Crippen MR) is 84.1 cm³/mol. The van der Waals surface area contributed by atoms with Crippen LogP contribution in [0.2, 0.25) is 0 Å². The van der Waals surface area contributed by atoms with Crippen molar-refractivity contribution in [2.45, 2.75) is 50.7 Å². The Kier molecular flexibility index (Phi) is 4.22. The van der Waals surface area contributed by atoms with Gasteiger partial charge in [-0.1, -0.05) is 43.5 Å². The summed E-state index contributed by atoms with van der Waals surface area (Å²) in [4.78, 5) is 4.47. The van der Waals surface area contributed by atoms with Gasteiger partial charge in [-0.15, -0.1) is 0 Å². The van der Waals surface area contributed by atoms with E-state index >= 15 is 0 Å². The molecule has 1 heterocycles. The van der Waals surface area contributed by atoms with Crippen molar-refractivity contribution < 1.29 is 9.84 Å². The van der Waals surface area contributed by atoms with Crippen LogP contribution < -0.4 is 0 Å². The molecular weight excluding hydrogens is 262 g/mol. The third kappa shape index (κ3) is 2.68. The molecule has 1 atom stereocenters. The van der Waals surface area contributed by atoms with Crippen LogP contribution in [0.25, 0.3) is 10.9 Å². The molecule has 1 saturated carbocycles. The van der Waals surface area contributed by atoms with Crippen molar-refractivity contribution in [2.24, 2.45) is 0 Å². The Morgan fingerprint density at radius 2 is 1.95 bits per heavy atom. The Bertz CT molecular complexity index is 594. The van der Waals surface area contributed by atoms with E-state index in [0.717, 1.165) is 42.1 Å². The summed E-state index contributed by atoms with van der Waals surface area (Å²) in [6, 6.07) is 9.97. The van der Waals surface area contributed by atoms with Crippen LogP contribution in [-0.2, 0) is 4.74 Å². The first-order valence-corrected chi connectivity index (χ1v) is 7.92. The Hall–Kier alpha value is -1.45. The van der Waals surface area contributed by atoms with Gasteiger partial charge in [-0.3, -0.25) is 4.98 Å². The number of pyridine rings is 1. The van der Waals surface area contributed by atoms with Crippen molar-refractivity contribution in [1.29, 1.82) is 0 Å². The lowest BCUT2D eigenvalue weighted by atomic mass is 9.77. The zero-order chi connectivity index (χ0) is 14.7. The molecule has 0 bridgehead atoms. The molecule has 3 rings (SSSR count). The van der Waals surface area contributed by atoms with Gasteiger partial charge in [-0.05, 0) is 25.8 Å². The number of nitrogens with zero attached hydrogens (tertiary/aromatic N) is 1. The fourth-order valence-corrected chi connectivity index (χ4v) is 3.57. The number of hydrogen-bond acceptors (Lipinski definition) is 3. The third-order valence-electron chi connectivity index (χ3n) is 4.59. The number of ether oxygens (including phenoxy) is 1. The molecule has 21 heavy (non-hydrogen) atoms. The fourth-order valence-electron chi connectivity index (χ4n) is 3.57. The van der Waals surface area contributed by atoms with Crippen LogP contribution in [-0.4, -0.2) is 22.3 Å². The lowest BCUT2D eigenvalue weighted by Crippen LogP contribution is -2.41. The first-order chi connectivity index (χ1) is 10.3. The van der Waals surface area contributed by atoms with Crippen molar-refractivity contribution in [3.63, 3.8) is 0 Å². The zero-order valence-corrected chi connectivity index (χ0v) is 12.6. The maximum absolute atomic E-state index is 11.1. The molecular formula is C18H23NO2. The molecule has 1 aromatic carbocycles. The molecule has 1 unspecified atom stereocenters. The van der Waals surface area contributed by atoms with Crippen LogP contribution in [0.3, 0.4) is 0 Å². The molecule has 0 saturated heterocycles. The molecule has 0 amide bonds. The number of rotatable bonds is 4. The maximum atomic E-state index is 11.1. The fraction of sp³-hybridized carbons (Fsp3) is 0.500. The van der Waals surface area contributed by atoms with Crippen LogP contribution in [0.1, 0.15) is 50.7 Å². The van der Waals surface area contributed by atoms with Crippen molar-refractivity contribution in [1.82, 2.24) is 4.98 Å². The van der Waals surface area contributed by atoms with E-state index in [4.69, 9.17) is 4.74 Å². The van der Waals surface area contributed by atoms with Crippen LogP contribution in [0.15, 0.2) is 36.5 Å². The molecule has 1 aliphatic carbocycles. The first kappa shape index (κ1) is 14.5. The molecule has 112 valence electrons. The lowest BCUT2D eigenvalue weighted by molar-refractivity contribution is -0.141. The largest absolute Gasteiger partial charge is 0.385 e. The average Bonchev–Trinajstić information content (AvgIpc) is 2.55. The molecule has 1 aromatic heterocycles. The van der Waals surface area contributed by atoms with E-state index in [-0.39, 0.29) is 0 Å². The molecule has 2 aromatic rings. The van der Waals surface area contributed by atoms with E-state index in [1.807, 2.05) is 37.3 Å². The molecule has 1 N–H and O–H groups in total. The number of fused-ring (bicyclic) bond motifs is 1. The van der Waals surface area contributed by atoms with Gasteiger partial charge < -0.3 is 9.84 Å². The van der Waals surface area contributed by atoms with Crippen LogP contribution >= 0.6 is 0 Å². The second-order valence-electron chi connectivity index (χ2n) is 5.88. The number of aliphatic hydroxyl groups is 1. The topological polar surface area (TPSA) is 42.4 Å². The van der Waals surface area contributed by atoms with Crippen molar-refractivity contribution in [3.8, 4) is 0 Å². The molecule has 0 spiro atoms. The predicted octanol–water partition coefficient (Wildman–Crippen LogP) is 4.01. The smallest absolute Gasteiger partial charge is 0.110 e. The van der Waals surface area contributed by atoms with Gasteiger partial charge in [0.15, 0.2) is 0 Å². The summed E-state index contributed by atoms with van der Waals surface area (Å²) < 4.78 is 6.06. The van der Waals surface area contributed by atoms with E-state index in [1.54, 1.807) is 6.20 Å². The van der Waals surface area contributed by atoms with E-state index in [1.165, 1.54) is 6.42 Å². The summed E-state index contributed by atoms with van der Waals surface area (Å²) in [6.45, 7) is 2.64. The van der Waals surface area contributed by atoms with Crippen molar-refractivity contribution in [2.75, 3.05) is 6.61 Å². The number of hydrogen-bond donors (Lipinski definition) is 1. The monoisotopic (exact) mass is 285 g/mol. The molecule has 0 radical (unpaired) electrons. The van der Waals surface area contributed by atoms with Gasteiger partial charge in [0.25, 0.3) is 0 Å². The van der Waals surface area contributed by atoms with Crippen molar-refractivity contribution >= 4 is 10.9 Å². The summed E-state index contributed by atoms with van der Waals surface area (Å²) in [5, 5.41) is 12.1. The molecule has 3 nitrogen and oxygen atoms in total. The van der Waals surface area contributed by atoms with Gasteiger partial charge in [0, 0.05) is 23.8 Å². The van der Waals surface area contributed by atoms with Crippen LogP contribution in [0.5, 0.6) is 0 Å². The second kappa shape index (κ2) is 6.12. The average molecular weight is 285 g/mol. The summed E-state index contributed by atoms with van der Waals surface area (Å²) in [6.07, 6.45) is 6.49. The Morgan fingerprint density at radius 1 is 1.19 bits per heavy atom. The Morgan fingerprint density at radius 3 is 2.71 bits per heavy atom. The third-order valence-corrected chi connectivity index (χ3v) is 4.59. The Balaban J connectivity index is 2.03. The van der Waals surface area contributed by atoms with E-state index in [9.17, 15) is 5.11 Å². The van der Waals surface area contributed by atoms with Gasteiger partial charge in [0.2, 0.25) is 0 Å². The minimum absolute atomic E-state index is 0.446. The summed E-state index contributed by atoms with van der Waals surface area (Å²) in [7, 11) is 0. The van der Waals surface area contributed by atoms with E-state index < -0.39 is 11.7 Å². The quantitative estimate of drug-likeness (QED) is 0.923. The normalized spacial score (nSPS) is 19.5. The highest BCUT2D eigenvalue weighted by molar-refractivity contribution is 5.82. The standard InChI is InChI=1S/C18H23NO2/c1-2-21-18(11-4-3-5-12-18)17(20)15-10-6-8-14-9-7-13-19-16(14)15/h6-10,13,17,20H,2-5,11-12H2,1H3. The minimum atomic E-state index is -0.614. The molecule has 1 fully saturated rings.